The number of aliphatic imine (C=N–C) groups is 1. The number of rotatable bonds is 2. The van der Waals surface area contributed by atoms with Crippen molar-refractivity contribution in [3.8, 4) is 0 Å². The zero-order valence-corrected chi connectivity index (χ0v) is 7.08. The molecule has 0 aromatic rings. The molecule has 1 saturated carbocycles. The van der Waals surface area contributed by atoms with Crippen LogP contribution in [0.2, 0.25) is 0 Å². The van der Waals surface area contributed by atoms with Gasteiger partial charge >= 0.3 is 0 Å². The third kappa shape index (κ3) is 1.86. The lowest BCUT2D eigenvalue weighted by Crippen LogP contribution is -2.41. The predicted molar refractivity (Wildman–Crippen MR) is 47.2 cm³/mol. The largest absolute Gasteiger partial charge is 0.394 e. The van der Waals surface area contributed by atoms with Gasteiger partial charge in [-0.2, -0.15) is 0 Å². The minimum absolute atomic E-state index is 0.0510. The molecule has 0 atom stereocenters. The number of hydrazine groups is 1. The van der Waals surface area contributed by atoms with Gasteiger partial charge in [0, 0.05) is 0 Å². The summed E-state index contributed by atoms with van der Waals surface area (Å²) >= 11 is 0. The average molecular weight is 172 g/mol. The van der Waals surface area contributed by atoms with Gasteiger partial charge in [0.25, 0.3) is 0 Å². The number of hydrogen-bond acceptors (Lipinski definition) is 3. The molecular formula is C7H16N4O. The molecule has 1 aliphatic rings. The Balaban J connectivity index is 2.66. The van der Waals surface area contributed by atoms with Gasteiger partial charge in [-0.1, -0.05) is 12.8 Å². The highest BCUT2D eigenvalue weighted by atomic mass is 16.3. The molecule has 1 fully saturated rings. The van der Waals surface area contributed by atoms with Gasteiger partial charge in [0.1, 0.15) is 0 Å². The number of aliphatic hydroxyl groups is 1. The summed E-state index contributed by atoms with van der Waals surface area (Å²) in [6.07, 6.45) is 3.99. The Morgan fingerprint density at radius 3 is 2.50 bits per heavy atom. The van der Waals surface area contributed by atoms with E-state index in [4.69, 9.17) is 16.7 Å². The van der Waals surface area contributed by atoms with Crippen LogP contribution in [-0.2, 0) is 0 Å². The van der Waals surface area contributed by atoms with Gasteiger partial charge in [-0.15, -0.1) is 0 Å². The Bertz CT molecular complexity index is 174. The first-order valence-corrected chi connectivity index (χ1v) is 4.15. The lowest BCUT2D eigenvalue weighted by Gasteiger charge is -2.21. The lowest BCUT2D eigenvalue weighted by atomic mass is 10.0. The zero-order chi connectivity index (χ0) is 9.03. The molecule has 0 radical (unpaired) electrons. The highest BCUT2D eigenvalue weighted by Gasteiger charge is 2.32. The van der Waals surface area contributed by atoms with Gasteiger partial charge in [0.2, 0.25) is 5.96 Å². The molecule has 1 rings (SSSR count). The molecule has 0 spiro atoms. The van der Waals surface area contributed by atoms with Crippen molar-refractivity contribution >= 4 is 5.96 Å². The number of nitrogens with two attached hydrogens (primary N) is 2. The van der Waals surface area contributed by atoms with E-state index in [9.17, 15) is 0 Å². The molecule has 0 aromatic heterocycles. The van der Waals surface area contributed by atoms with Crippen molar-refractivity contribution in [2.24, 2.45) is 16.6 Å². The summed E-state index contributed by atoms with van der Waals surface area (Å²) in [5.41, 5.74) is 7.32. The summed E-state index contributed by atoms with van der Waals surface area (Å²) in [5.74, 6) is 5.28. The molecule has 12 heavy (non-hydrogen) atoms. The van der Waals surface area contributed by atoms with Crippen LogP contribution < -0.4 is 17.0 Å². The molecule has 0 bridgehead atoms. The maximum absolute atomic E-state index is 9.13. The van der Waals surface area contributed by atoms with E-state index in [0.717, 1.165) is 25.7 Å². The summed E-state index contributed by atoms with van der Waals surface area (Å²) in [6.45, 7) is 0.0510. The van der Waals surface area contributed by atoms with E-state index in [2.05, 4.69) is 10.4 Å². The number of aliphatic hydroxyl groups excluding tert-OH is 1. The Morgan fingerprint density at radius 1 is 1.50 bits per heavy atom. The molecule has 0 aromatic carbocycles. The van der Waals surface area contributed by atoms with Crippen molar-refractivity contribution in [2.75, 3.05) is 6.61 Å². The maximum Gasteiger partial charge on any atom is 0.203 e. The number of nitrogens with zero attached hydrogens (tertiary/aromatic N) is 1. The third-order valence-electron chi connectivity index (χ3n) is 2.33. The summed E-state index contributed by atoms with van der Waals surface area (Å²) in [4.78, 5) is 4.15. The van der Waals surface area contributed by atoms with Crippen LogP contribution in [0.25, 0.3) is 0 Å². The average Bonchev–Trinajstić information content (AvgIpc) is 2.54. The second-order valence-corrected chi connectivity index (χ2v) is 3.23. The SMILES string of the molecule is NNC(N)=NC1(CO)CCCC1. The highest BCUT2D eigenvalue weighted by molar-refractivity contribution is 5.77. The molecular weight excluding hydrogens is 156 g/mol. The number of nitrogens with one attached hydrogen (secondary N) is 1. The van der Waals surface area contributed by atoms with E-state index in [1.54, 1.807) is 0 Å². The van der Waals surface area contributed by atoms with Gasteiger partial charge in [-0.25, -0.2) is 10.8 Å². The molecule has 0 amide bonds. The molecule has 6 N–H and O–H groups in total. The minimum atomic E-state index is -0.365. The fourth-order valence-electron chi connectivity index (χ4n) is 1.63. The summed E-state index contributed by atoms with van der Waals surface area (Å²) in [7, 11) is 0. The van der Waals surface area contributed by atoms with Gasteiger partial charge in [-0.3, -0.25) is 5.43 Å². The zero-order valence-electron chi connectivity index (χ0n) is 7.08. The minimum Gasteiger partial charge on any atom is -0.394 e. The van der Waals surface area contributed by atoms with Gasteiger partial charge in [-0.05, 0) is 12.8 Å². The van der Waals surface area contributed by atoms with Crippen LogP contribution in [0, 0.1) is 0 Å². The summed E-state index contributed by atoms with van der Waals surface area (Å²) in [5, 5.41) is 9.13. The van der Waals surface area contributed by atoms with Crippen LogP contribution in [0.1, 0.15) is 25.7 Å². The molecule has 0 aliphatic heterocycles. The topological polar surface area (TPSA) is 96.7 Å². The summed E-state index contributed by atoms with van der Waals surface area (Å²) in [6, 6.07) is 0. The first-order valence-electron chi connectivity index (χ1n) is 4.15. The van der Waals surface area contributed by atoms with Crippen LogP contribution in [0.4, 0.5) is 0 Å². The van der Waals surface area contributed by atoms with Gasteiger partial charge in [0.15, 0.2) is 0 Å². The number of guanidine groups is 1. The van der Waals surface area contributed by atoms with Crippen molar-refractivity contribution in [2.45, 2.75) is 31.2 Å². The number of hydrogen-bond donors (Lipinski definition) is 4. The monoisotopic (exact) mass is 172 g/mol. The molecule has 0 heterocycles. The quantitative estimate of drug-likeness (QED) is 0.187. The van der Waals surface area contributed by atoms with E-state index in [1.807, 2.05) is 0 Å². The Kier molecular flexibility index (Phi) is 2.88. The van der Waals surface area contributed by atoms with Crippen LogP contribution in [0.15, 0.2) is 4.99 Å². The fourth-order valence-corrected chi connectivity index (χ4v) is 1.63. The van der Waals surface area contributed by atoms with Crippen molar-refractivity contribution in [1.82, 2.24) is 5.43 Å². The predicted octanol–water partition coefficient (Wildman–Crippen LogP) is -0.931. The van der Waals surface area contributed by atoms with E-state index in [-0.39, 0.29) is 18.1 Å². The third-order valence-corrected chi connectivity index (χ3v) is 2.33. The Labute approximate surface area is 71.8 Å². The van der Waals surface area contributed by atoms with E-state index >= 15 is 0 Å². The Morgan fingerprint density at radius 2 is 2.08 bits per heavy atom. The lowest BCUT2D eigenvalue weighted by molar-refractivity contribution is 0.201. The van der Waals surface area contributed by atoms with Crippen molar-refractivity contribution < 1.29 is 5.11 Å². The van der Waals surface area contributed by atoms with E-state index < -0.39 is 0 Å². The van der Waals surface area contributed by atoms with E-state index in [1.165, 1.54) is 0 Å². The second-order valence-electron chi connectivity index (χ2n) is 3.23. The van der Waals surface area contributed by atoms with Crippen LogP contribution >= 0.6 is 0 Å². The molecule has 70 valence electrons. The Hall–Kier alpha value is -0.810. The smallest absolute Gasteiger partial charge is 0.203 e. The van der Waals surface area contributed by atoms with Crippen LogP contribution in [0.3, 0.4) is 0 Å². The summed E-state index contributed by atoms with van der Waals surface area (Å²) < 4.78 is 0. The van der Waals surface area contributed by atoms with Crippen LogP contribution in [-0.4, -0.2) is 23.2 Å². The van der Waals surface area contributed by atoms with E-state index in [0.29, 0.717) is 0 Å². The van der Waals surface area contributed by atoms with Crippen molar-refractivity contribution in [3.05, 3.63) is 0 Å². The molecule has 0 saturated heterocycles. The maximum atomic E-state index is 9.13. The molecule has 0 unspecified atom stereocenters. The molecule has 5 heteroatoms. The fraction of sp³-hybridized carbons (Fsp3) is 0.857. The van der Waals surface area contributed by atoms with Crippen LogP contribution in [0.5, 0.6) is 0 Å². The normalized spacial score (nSPS) is 22.7. The first kappa shape index (κ1) is 9.28. The standard InChI is InChI=1S/C7H16N4O/c8-6(11-9)10-7(5-12)3-1-2-4-7/h12H,1-5,9H2,(H3,8,10,11). The van der Waals surface area contributed by atoms with Crippen molar-refractivity contribution in [1.29, 1.82) is 0 Å². The molecule has 1 aliphatic carbocycles. The first-order chi connectivity index (χ1) is 5.72. The highest BCUT2D eigenvalue weighted by Crippen LogP contribution is 2.32. The van der Waals surface area contributed by atoms with Gasteiger partial charge < -0.3 is 10.8 Å². The van der Waals surface area contributed by atoms with Crippen molar-refractivity contribution in [3.63, 3.8) is 0 Å². The molecule has 5 nitrogen and oxygen atoms in total. The van der Waals surface area contributed by atoms with Gasteiger partial charge in [0.05, 0.1) is 12.1 Å². The second kappa shape index (κ2) is 3.73.